The van der Waals surface area contributed by atoms with Crippen LogP contribution in [0.5, 0.6) is 5.75 Å². The molecular weight excluding hydrogens is 260 g/mol. The average molecular weight is 273 g/mol. The second-order valence-electron chi connectivity index (χ2n) is 4.45. The van der Waals surface area contributed by atoms with E-state index in [4.69, 9.17) is 16.3 Å². The summed E-state index contributed by atoms with van der Waals surface area (Å²) >= 11 is 6.06. The van der Waals surface area contributed by atoms with Crippen LogP contribution in [-0.2, 0) is 0 Å². The molecule has 0 aliphatic heterocycles. The van der Waals surface area contributed by atoms with E-state index in [1.807, 2.05) is 48.6 Å². The minimum absolute atomic E-state index is 0.421. The maximum Gasteiger partial charge on any atom is 0.147 e. The van der Waals surface area contributed by atoms with Gasteiger partial charge in [0.2, 0.25) is 0 Å². The lowest BCUT2D eigenvalue weighted by Gasteiger charge is -2.26. The van der Waals surface area contributed by atoms with Crippen LogP contribution < -0.4 is 4.74 Å². The molecule has 96 valence electrons. The number of para-hydroxylation sites is 1. The van der Waals surface area contributed by atoms with E-state index in [-0.39, 0.29) is 0 Å². The van der Waals surface area contributed by atoms with E-state index >= 15 is 0 Å². The third-order valence-electron chi connectivity index (χ3n) is 3.19. The van der Waals surface area contributed by atoms with Crippen molar-refractivity contribution in [3.05, 3.63) is 70.8 Å². The number of fused-ring (bicyclic) bond motifs is 1. The van der Waals surface area contributed by atoms with E-state index in [9.17, 15) is 5.11 Å². The number of hydrogen-bond donors (Lipinski definition) is 1. The predicted octanol–water partition coefficient (Wildman–Crippen LogP) is 3.85. The lowest BCUT2D eigenvalue weighted by atomic mass is 9.93. The van der Waals surface area contributed by atoms with E-state index < -0.39 is 12.2 Å². The number of hydrogen-bond acceptors (Lipinski definition) is 2. The van der Waals surface area contributed by atoms with Gasteiger partial charge in [-0.15, -0.1) is 0 Å². The molecule has 0 amide bonds. The van der Waals surface area contributed by atoms with Gasteiger partial charge >= 0.3 is 0 Å². The van der Waals surface area contributed by atoms with Crippen LogP contribution in [0.2, 0.25) is 5.02 Å². The van der Waals surface area contributed by atoms with Crippen molar-refractivity contribution in [2.24, 2.45) is 0 Å². The van der Waals surface area contributed by atoms with Crippen molar-refractivity contribution in [1.82, 2.24) is 0 Å². The molecule has 0 spiro atoms. The second-order valence-corrected chi connectivity index (χ2v) is 4.85. The number of benzene rings is 2. The van der Waals surface area contributed by atoms with Gasteiger partial charge in [-0.2, -0.15) is 0 Å². The standard InChI is InChI=1S/C16H13ClO2/c17-13-7-3-4-8-14(13)19-15-10-9-11-5-1-2-6-12(11)16(15)18/h1-10,15-16,18H/t15-,16+/m1/s1. The maximum atomic E-state index is 10.4. The van der Waals surface area contributed by atoms with Gasteiger partial charge in [0.25, 0.3) is 0 Å². The van der Waals surface area contributed by atoms with Gasteiger partial charge in [0.1, 0.15) is 18.0 Å². The van der Waals surface area contributed by atoms with E-state index in [1.165, 1.54) is 0 Å². The second kappa shape index (κ2) is 5.08. The van der Waals surface area contributed by atoms with Crippen molar-refractivity contribution in [3.63, 3.8) is 0 Å². The molecule has 2 atom stereocenters. The summed E-state index contributed by atoms with van der Waals surface area (Å²) in [4.78, 5) is 0. The van der Waals surface area contributed by atoms with Gasteiger partial charge in [-0.3, -0.25) is 0 Å². The highest BCUT2D eigenvalue weighted by atomic mass is 35.5. The molecule has 2 nitrogen and oxygen atoms in total. The maximum absolute atomic E-state index is 10.4. The largest absolute Gasteiger partial charge is 0.482 e. The molecule has 0 radical (unpaired) electrons. The Labute approximate surface area is 116 Å². The molecule has 0 saturated carbocycles. The number of rotatable bonds is 2. The number of aliphatic hydroxyl groups is 1. The molecule has 1 aliphatic carbocycles. The summed E-state index contributed by atoms with van der Waals surface area (Å²) in [6, 6.07) is 15.0. The topological polar surface area (TPSA) is 29.5 Å². The van der Waals surface area contributed by atoms with Crippen molar-refractivity contribution in [3.8, 4) is 5.75 Å². The summed E-state index contributed by atoms with van der Waals surface area (Å²) in [5, 5.41) is 10.9. The molecule has 2 aromatic rings. The fourth-order valence-electron chi connectivity index (χ4n) is 2.20. The lowest BCUT2D eigenvalue weighted by molar-refractivity contribution is 0.0624. The normalized spacial score (nSPS) is 20.9. The van der Waals surface area contributed by atoms with E-state index in [0.717, 1.165) is 11.1 Å². The Hall–Kier alpha value is -1.77. The first-order chi connectivity index (χ1) is 9.25. The van der Waals surface area contributed by atoms with Crippen LogP contribution >= 0.6 is 11.6 Å². The van der Waals surface area contributed by atoms with Crippen molar-refractivity contribution >= 4 is 17.7 Å². The van der Waals surface area contributed by atoms with Crippen LogP contribution in [0.15, 0.2) is 54.6 Å². The summed E-state index contributed by atoms with van der Waals surface area (Å²) in [6.45, 7) is 0. The van der Waals surface area contributed by atoms with Crippen LogP contribution in [0.3, 0.4) is 0 Å². The quantitative estimate of drug-likeness (QED) is 0.900. The summed E-state index contributed by atoms with van der Waals surface area (Å²) in [7, 11) is 0. The summed E-state index contributed by atoms with van der Waals surface area (Å²) in [5.74, 6) is 0.581. The summed E-state index contributed by atoms with van der Waals surface area (Å²) in [6.07, 6.45) is 2.71. The Bertz CT molecular complexity index is 622. The van der Waals surface area contributed by atoms with Crippen molar-refractivity contribution in [2.75, 3.05) is 0 Å². The Morgan fingerprint density at radius 3 is 2.58 bits per heavy atom. The van der Waals surface area contributed by atoms with Gasteiger partial charge in [0.05, 0.1) is 5.02 Å². The first-order valence-electron chi connectivity index (χ1n) is 6.12. The summed E-state index contributed by atoms with van der Waals surface area (Å²) in [5.41, 5.74) is 1.90. The van der Waals surface area contributed by atoms with Crippen LogP contribution in [0, 0.1) is 0 Å². The molecular formula is C16H13ClO2. The molecule has 0 aromatic heterocycles. The SMILES string of the molecule is O[C@H]1c2ccccc2C=C[C@H]1Oc1ccccc1Cl. The van der Waals surface area contributed by atoms with Gasteiger partial charge < -0.3 is 9.84 Å². The third-order valence-corrected chi connectivity index (χ3v) is 3.50. The average Bonchev–Trinajstić information content (AvgIpc) is 2.44. The van der Waals surface area contributed by atoms with E-state index in [2.05, 4.69) is 0 Å². The Morgan fingerprint density at radius 2 is 1.74 bits per heavy atom. The fraction of sp³-hybridized carbons (Fsp3) is 0.125. The Balaban J connectivity index is 1.87. The summed E-state index contributed by atoms with van der Waals surface area (Å²) < 4.78 is 5.79. The van der Waals surface area contributed by atoms with Gasteiger partial charge in [-0.05, 0) is 29.3 Å². The molecule has 19 heavy (non-hydrogen) atoms. The zero-order chi connectivity index (χ0) is 13.2. The van der Waals surface area contributed by atoms with E-state index in [1.54, 1.807) is 12.1 Å². The van der Waals surface area contributed by atoms with Gasteiger partial charge in [-0.1, -0.05) is 54.1 Å². The van der Waals surface area contributed by atoms with Crippen LogP contribution in [0.4, 0.5) is 0 Å². The molecule has 0 bridgehead atoms. The van der Waals surface area contributed by atoms with E-state index in [0.29, 0.717) is 10.8 Å². The third kappa shape index (κ3) is 2.37. The molecule has 0 saturated heterocycles. The number of halogens is 1. The highest BCUT2D eigenvalue weighted by molar-refractivity contribution is 6.32. The van der Waals surface area contributed by atoms with Crippen molar-refractivity contribution < 1.29 is 9.84 Å². The first kappa shape index (κ1) is 12.3. The molecule has 1 aliphatic rings. The zero-order valence-electron chi connectivity index (χ0n) is 10.2. The zero-order valence-corrected chi connectivity index (χ0v) is 10.9. The van der Waals surface area contributed by atoms with Gasteiger partial charge in [-0.25, -0.2) is 0 Å². The van der Waals surface area contributed by atoms with Crippen LogP contribution in [-0.4, -0.2) is 11.2 Å². The van der Waals surface area contributed by atoms with Crippen LogP contribution in [0.1, 0.15) is 17.2 Å². The monoisotopic (exact) mass is 272 g/mol. The minimum Gasteiger partial charge on any atom is -0.482 e. The molecule has 3 heteroatoms. The molecule has 3 rings (SSSR count). The van der Waals surface area contributed by atoms with Crippen LogP contribution in [0.25, 0.3) is 6.08 Å². The minimum atomic E-state index is -0.683. The highest BCUT2D eigenvalue weighted by Gasteiger charge is 2.25. The number of aliphatic hydroxyl groups excluding tert-OH is 1. The lowest BCUT2D eigenvalue weighted by Crippen LogP contribution is -2.26. The first-order valence-corrected chi connectivity index (χ1v) is 6.50. The Kier molecular flexibility index (Phi) is 3.28. The molecule has 2 aromatic carbocycles. The number of ether oxygens (including phenoxy) is 1. The Morgan fingerprint density at radius 1 is 1.00 bits per heavy atom. The fourth-order valence-corrected chi connectivity index (χ4v) is 2.38. The molecule has 0 unspecified atom stereocenters. The molecule has 0 heterocycles. The smallest absolute Gasteiger partial charge is 0.147 e. The predicted molar refractivity (Wildman–Crippen MR) is 76.3 cm³/mol. The van der Waals surface area contributed by atoms with Gasteiger partial charge in [0.15, 0.2) is 0 Å². The molecule has 0 fully saturated rings. The highest BCUT2D eigenvalue weighted by Crippen LogP contribution is 2.32. The molecule has 1 N–H and O–H groups in total. The van der Waals surface area contributed by atoms with Crippen molar-refractivity contribution in [1.29, 1.82) is 0 Å². The van der Waals surface area contributed by atoms with Gasteiger partial charge in [0, 0.05) is 0 Å². The van der Waals surface area contributed by atoms with Crippen molar-refractivity contribution in [2.45, 2.75) is 12.2 Å².